The van der Waals surface area contributed by atoms with Crippen molar-refractivity contribution in [2.75, 3.05) is 0 Å². The number of nitrogens with zero attached hydrogens (tertiary/aromatic N) is 1. The Morgan fingerprint density at radius 2 is 1.67 bits per heavy atom. The number of amides is 2. The molecule has 1 atom stereocenters. The Balaban J connectivity index is 2.45. The molecule has 0 aromatic heterocycles. The maximum Gasteiger partial charge on any atom is 0.262 e. The van der Waals surface area contributed by atoms with Crippen LogP contribution in [-0.4, -0.2) is 22.9 Å². The van der Waals surface area contributed by atoms with E-state index in [9.17, 15) is 9.59 Å². The lowest BCUT2D eigenvalue weighted by molar-refractivity contribution is 0.0584. The van der Waals surface area contributed by atoms with E-state index in [1.54, 1.807) is 24.3 Å². The molecule has 78 valence electrons. The number of carbonyl (C=O) groups is 2. The summed E-state index contributed by atoms with van der Waals surface area (Å²) in [5, 5.41) is 0. The monoisotopic (exact) mass is 204 g/mol. The summed E-state index contributed by atoms with van der Waals surface area (Å²) in [6, 6.07) is 6.78. The second kappa shape index (κ2) is 3.47. The summed E-state index contributed by atoms with van der Waals surface area (Å²) in [7, 11) is 0. The molecular weight excluding hydrogens is 192 g/mol. The molecule has 2 rings (SSSR count). The minimum Gasteiger partial charge on any atom is -0.311 e. The van der Waals surface area contributed by atoms with E-state index in [2.05, 4.69) is 0 Å². The second-order valence-electron chi connectivity index (χ2n) is 3.50. The van der Waals surface area contributed by atoms with E-state index in [1.807, 2.05) is 6.92 Å². The molecule has 0 fully saturated rings. The number of hydrogen-bond donors (Lipinski definition) is 1. The zero-order chi connectivity index (χ0) is 11.0. The van der Waals surface area contributed by atoms with Gasteiger partial charge in [0.1, 0.15) is 0 Å². The summed E-state index contributed by atoms with van der Waals surface area (Å²) < 4.78 is 0. The molecule has 1 heterocycles. The summed E-state index contributed by atoms with van der Waals surface area (Å²) in [5.74, 6) is -0.574. The number of rotatable bonds is 2. The molecule has 1 aliphatic heterocycles. The zero-order valence-corrected chi connectivity index (χ0v) is 8.43. The molecule has 2 amide bonds. The number of carbonyl (C=O) groups excluding carboxylic acids is 2. The first-order valence-corrected chi connectivity index (χ1v) is 4.89. The normalized spacial score (nSPS) is 16.8. The van der Waals surface area contributed by atoms with Crippen molar-refractivity contribution < 1.29 is 9.59 Å². The Morgan fingerprint density at radius 1 is 1.20 bits per heavy atom. The van der Waals surface area contributed by atoms with Crippen LogP contribution in [0.3, 0.4) is 0 Å². The van der Waals surface area contributed by atoms with Crippen LogP contribution in [0.5, 0.6) is 0 Å². The predicted octanol–water partition coefficient (Wildman–Crippen LogP) is 0.977. The average molecular weight is 204 g/mol. The SMILES string of the molecule is CCC(N)N1C(=O)c2ccccc2C1=O. The van der Waals surface area contributed by atoms with Gasteiger partial charge in [0.2, 0.25) is 0 Å². The molecule has 0 aliphatic carbocycles. The molecule has 15 heavy (non-hydrogen) atoms. The Bertz CT molecular complexity index is 393. The summed E-state index contributed by atoms with van der Waals surface area (Å²) in [4.78, 5) is 24.8. The molecule has 2 N–H and O–H groups in total. The molecule has 4 heteroatoms. The smallest absolute Gasteiger partial charge is 0.262 e. The average Bonchev–Trinajstić information content (AvgIpc) is 2.52. The van der Waals surface area contributed by atoms with Crippen molar-refractivity contribution in [2.24, 2.45) is 5.73 Å². The van der Waals surface area contributed by atoms with Gasteiger partial charge >= 0.3 is 0 Å². The van der Waals surface area contributed by atoms with Gasteiger partial charge in [-0.25, -0.2) is 0 Å². The van der Waals surface area contributed by atoms with Crippen molar-refractivity contribution in [3.8, 4) is 0 Å². The Kier molecular flexibility index (Phi) is 2.28. The van der Waals surface area contributed by atoms with Crippen molar-refractivity contribution in [1.29, 1.82) is 0 Å². The zero-order valence-electron chi connectivity index (χ0n) is 8.43. The third kappa shape index (κ3) is 1.34. The Morgan fingerprint density at radius 3 is 2.07 bits per heavy atom. The molecule has 0 saturated carbocycles. The molecule has 1 aliphatic rings. The van der Waals surface area contributed by atoms with Crippen LogP contribution in [0.1, 0.15) is 34.1 Å². The number of imide groups is 1. The maximum atomic E-state index is 11.8. The molecule has 4 nitrogen and oxygen atoms in total. The Labute approximate surface area is 87.7 Å². The van der Waals surface area contributed by atoms with Crippen LogP contribution >= 0.6 is 0 Å². The van der Waals surface area contributed by atoms with Gasteiger partial charge in [-0.3, -0.25) is 14.5 Å². The highest BCUT2D eigenvalue weighted by atomic mass is 16.2. The highest BCUT2D eigenvalue weighted by Gasteiger charge is 2.37. The van der Waals surface area contributed by atoms with Gasteiger partial charge in [0.05, 0.1) is 17.3 Å². The van der Waals surface area contributed by atoms with Crippen LogP contribution in [0, 0.1) is 0 Å². The third-order valence-corrected chi connectivity index (χ3v) is 2.58. The van der Waals surface area contributed by atoms with Crippen LogP contribution in [-0.2, 0) is 0 Å². The summed E-state index contributed by atoms with van der Waals surface area (Å²) in [6.07, 6.45) is 0.0308. The quantitative estimate of drug-likeness (QED) is 0.730. The molecule has 0 spiro atoms. The predicted molar refractivity (Wildman–Crippen MR) is 55.2 cm³/mol. The summed E-state index contributed by atoms with van der Waals surface area (Å²) >= 11 is 0. The van der Waals surface area contributed by atoms with Crippen LogP contribution < -0.4 is 5.73 Å². The van der Waals surface area contributed by atoms with Crippen molar-refractivity contribution >= 4 is 11.8 Å². The molecule has 1 aromatic carbocycles. The fraction of sp³-hybridized carbons (Fsp3) is 0.273. The summed E-state index contributed by atoms with van der Waals surface area (Å²) in [6.45, 7) is 1.84. The highest BCUT2D eigenvalue weighted by molar-refractivity contribution is 6.21. The maximum absolute atomic E-state index is 11.8. The van der Waals surface area contributed by atoms with E-state index in [4.69, 9.17) is 5.73 Å². The molecule has 0 radical (unpaired) electrons. The van der Waals surface area contributed by atoms with Gasteiger partial charge in [0, 0.05) is 0 Å². The molecule has 1 unspecified atom stereocenters. The minimum atomic E-state index is -0.530. The van der Waals surface area contributed by atoms with Crippen LogP contribution in [0.15, 0.2) is 24.3 Å². The van der Waals surface area contributed by atoms with E-state index in [0.29, 0.717) is 17.5 Å². The molecule has 0 saturated heterocycles. The summed E-state index contributed by atoms with van der Waals surface area (Å²) in [5.41, 5.74) is 6.62. The molecule has 0 bridgehead atoms. The van der Waals surface area contributed by atoms with E-state index in [0.717, 1.165) is 4.90 Å². The first-order valence-electron chi connectivity index (χ1n) is 4.89. The highest BCUT2D eigenvalue weighted by Crippen LogP contribution is 2.23. The third-order valence-electron chi connectivity index (χ3n) is 2.58. The lowest BCUT2D eigenvalue weighted by Crippen LogP contribution is -2.45. The topological polar surface area (TPSA) is 63.4 Å². The lowest BCUT2D eigenvalue weighted by Gasteiger charge is -2.20. The van der Waals surface area contributed by atoms with Crippen LogP contribution in [0.25, 0.3) is 0 Å². The largest absolute Gasteiger partial charge is 0.311 e. The van der Waals surface area contributed by atoms with Gasteiger partial charge in [-0.05, 0) is 18.6 Å². The first-order chi connectivity index (χ1) is 7.16. The minimum absolute atomic E-state index is 0.287. The Hall–Kier alpha value is -1.68. The molecular formula is C11H12N2O2. The van der Waals surface area contributed by atoms with Gasteiger partial charge in [-0.15, -0.1) is 0 Å². The van der Waals surface area contributed by atoms with Crippen molar-refractivity contribution in [1.82, 2.24) is 4.90 Å². The van der Waals surface area contributed by atoms with Crippen molar-refractivity contribution in [3.63, 3.8) is 0 Å². The van der Waals surface area contributed by atoms with Gasteiger partial charge < -0.3 is 5.73 Å². The van der Waals surface area contributed by atoms with E-state index < -0.39 is 6.17 Å². The van der Waals surface area contributed by atoms with Crippen molar-refractivity contribution in [3.05, 3.63) is 35.4 Å². The fourth-order valence-electron chi connectivity index (χ4n) is 1.69. The number of fused-ring (bicyclic) bond motifs is 1. The lowest BCUT2D eigenvalue weighted by atomic mass is 10.1. The van der Waals surface area contributed by atoms with E-state index in [1.165, 1.54) is 0 Å². The van der Waals surface area contributed by atoms with Gasteiger partial charge in [0.25, 0.3) is 11.8 Å². The number of nitrogens with two attached hydrogens (primary N) is 1. The van der Waals surface area contributed by atoms with Gasteiger partial charge in [-0.1, -0.05) is 19.1 Å². The van der Waals surface area contributed by atoms with Crippen LogP contribution in [0.4, 0.5) is 0 Å². The standard InChI is InChI=1S/C11H12N2O2/c1-2-9(12)13-10(14)7-5-3-4-6-8(7)11(13)15/h3-6,9H,2,12H2,1H3. The van der Waals surface area contributed by atoms with Crippen LogP contribution in [0.2, 0.25) is 0 Å². The number of benzene rings is 1. The van der Waals surface area contributed by atoms with Gasteiger partial charge in [0.15, 0.2) is 0 Å². The second-order valence-corrected chi connectivity index (χ2v) is 3.50. The van der Waals surface area contributed by atoms with Gasteiger partial charge in [-0.2, -0.15) is 0 Å². The fourth-order valence-corrected chi connectivity index (χ4v) is 1.69. The molecule has 1 aromatic rings. The van der Waals surface area contributed by atoms with E-state index in [-0.39, 0.29) is 11.8 Å². The first kappa shape index (κ1) is 9.86. The number of hydrogen-bond acceptors (Lipinski definition) is 3. The van der Waals surface area contributed by atoms with E-state index >= 15 is 0 Å². The van der Waals surface area contributed by atoms with Crippen molar-refractivity contribution in [2.45, 2.75) is 19.5 Å².